The summed E-state index contributed by atoms with van der Waals surface area (Å²) in [6.45, 7) is 18.0. The SMILES string of the molecule is CCOC(=O)N1Cc2c(C3CCCN(C(=O)OC(C)(C)C)C3)cc(-c3c(O)cccc3OCC3CC3)nc2NC1=O.CCOC(=O)NCc1c(C2CCCN(C(=O)OC(C)(C)C)C2)cc(-c2c(O)cccc2OCC2CC2)nc1N. The molecule has 0 bridgehead atoms. The number of anilines is 2. The van der Waals surface area contributed by atoms with Crippen molar-refractivity contribution in [2.45, 2.75) is 143 Å². The Balaban J connectivity index is 0.000000211. The summed E-state index contributed by atoms with van der Waals surface area (Å²) in [5.74, 6) is 2.43. The molecule has 4 aromatic rings. The van der Waals surface area contributed by atoms with Crippen molar-refractivity contribution in [2.75, 3.05) is 63.7 Å². The maximum absolute atomic E-state index is 13.0. The van der Waals surface area contributed by atoms with Crippen molar-refractivity contribution in [1.82, 2.24) is 30.0 Å². The number of amides is 6. The van der Waals surface area contributed by atoms with Crippen LogP contribution in [-0.2, 0) is 32.0 Å². The van der Waals surface area contributed by atoms with Gasteiger partial charge < -0.3 is 59.5 Å². The number of carbonyl (C=O) groups excluding carboxylic acids is 5. The molecule has 80 heavy (non-hydrogen) atoms. The van der Waals surface area contributed by atoms with E-state index < -0.39 is 29.4 Å². The molecule has 5 heterocycles. The van der Waals surface area contributed by atoms with Gasteiger partial charge in [-0.3, -0.25) is 5.32 Å². The number of likely N-dealkylation sites (tertiary alicyclic amines) is 2. The number of hydrogen-bond acceptors (Lipinski definition) is 16. The zero-order chi connectivity index (χ0) is 57.5. The van der Waals surface area contributed by atoms with E-state index in [-0.39, 0.29) is 67.6 Å². The number of alkyl carbamates (subject to hydrolysis) is 1. The van der Waals surface area contributed by atoms with Crippen LogP contribution in [0.2, 0.25) is 0 Å². The monoisotopic (exact) mass is 1110 g/mol. The second kappa shape index (κ2) is 25.2. The minimum atomic E-state index is -0.749. The van der Waals surface area contributed by atoms with Crippen LogP contribution in [0.15, 0.2) is 48.5 Å². The molecular weight excluding hydrogens is 1030 g/mol. The molecule has 2 aliphatic carbocycles. The number of imide groups is 1. The maximum Gasteiger partial charge on any atom is 0.418 e. The van der Waals surface area contributed by atoms with Gasteiger partial charge in [0.25, 0.3) is 0 Å². The number of benzene rings is 2. The Labute approximate surface area is 467 Å². The number of nitrogens with zero attached hydrogens (tertiary/aromatic N) is 5. The lowest BCUT2D eigenvalue weighted by Crippen LogP contribution is -2.45. The van der Waals surface area contributed by atoms with Crippen LogP contribution < -0.4 is 25.8 Å². The summed E-state index contributed by atoms with van der Waals surface area (Å²) in [7, 11) is 0. The third-order valence-corrected chi connectivity index (χ3v) is 14.2. The lowest BCUT2D eigenvalue weighted by atomic mass is 9.86. The number of phenols is 2. The molecule has 6 amide bonds. The number of rotatable bonds is 14. The number of aromatic hydroxyl groups is 2. The molecule has 2 saturated carbocycles. The Bertz CT molecular complexity index is 2910. The largest absolute Gasteiger partial charge is 0.507 e. The minimum Gasteiger partial charge on any atom is -0.507 e. The number of nitrogens with two attached hydrogens (primary N) is 1. The second-order valence-corrected chi connectivity index (χ2v) is 23.0. The molecule has 0 spiro atoms. The number of ether oxygens (including phenoxy) is 6. The topological polar surface area (TPSA) is 267 Å². The Morgan fingerprint density at radius 3 is 1.70 bits per heavy atom. The molecule has 432 valence electrons. The average molecular weight is 1110 g/mol. The van der Waals surface area contributed by atoms with Crippen LogP contribution in [0.3, 0.4) is 0 Å². The van der Waals surface area contributed by atoms with E-state index in [2.05, 4.69) is 15.6 Å². The number of pyridine rings is 2. The number of carbonyl (C=O) groups is 5. The molecule has 6 N–H and O–H groups in total. The van der Waals surface area contributed by atoms with E-state index in [1.54, 1.807) is 54.0 Å². The average Bonchev–Trinajstić information content (AvgIpc) is 4.46. The molecule has 2 unspecified atom stereocenters. The van der Waals surface area contributed by atoms with Crippen molar-refractivity contribution in [1.29, 1.82) is 0 Å². The van der Waals surface area contributed by atoms with E-state index in [4.69, 9.17) is 39.1 Å². The summed E-state index contributed by atoms with van der Waals surface area (Å²) in [5, 5.41) is 27.3. The van der Waals surface area contributed by atoms with E-state index in [0.29, 0.717) is 102 Å². The number of urea groups is 1. The summed E-state index contributed by atoms with van der Waals surface area (Å²) < 4.78 is 33.6. The molecule has 0 radical (unpaired) electrons. The third-order valence-electron chi connectivity index (χ3n) is 14.2. The van der Waals surface area contributed by atoms with Crippen LogP contribution in [0, 0.1) is 11.8 Å². The summed E-state index contributed by atoms with van der Waals surface area (Å²) in [5.41, 5.74) is 10.1. The van der Waals surface area contributed by atoms with Gasteiger partial charge in [-0.15, -0.1) is 0 Å². The summed E-state index contributed by atoms with van der Waals surface area (Å²) in [6, 6.07) is 13.4. The Morgan fingerprint density at radius 1 is 0.700 bits per heavy atom. The Morgan fingerprint density at radius 2 is 1.20 bits per heavy atom. The van der Waals surface area contributed by atoms with Gasteiger partial charge in [-0.25, -0.2) is 38.8 Å². The first-order chi connectivity index (χ1) is 38.1. The molecule has 9 rings (SSSR count). The first-order valence-corrected chi connectivity index (χ1v) is 27.9. The number of phenolic OH excluding ortho intramolecular Hbond substituents is 2. The molecule has 5 aliphatic rings. The van der Waals surface area contributed by atoms with Crippen LogP contribution in [0.5, 0.6) is 23.0 Å². The fourth-order valence-corrected chi connectivity index (χ4v) is 9.97. The number of nitrogen functional groups attached to an aromatic ring is 1. The molecule has 2 aromatic carbocycles. The quantitative estimate of drug-likeness (QED) is 0.0735. The van der Waals surface area contributed by atoms with Gasteiger partial charge in [0.2, 0.25) is 0 Å². The zero-order valence-electron chi connectivity index (χ0n) is 47.4. The van der Waals surface area contributed by atoms with Crippen molar-refractivity contribution >= 4 is 42.0 Å². The van der Waals surface area contributed by atoms with Crippen molar-refractivity contribution in [3.05, 3.63) is 70.8 Å². The highest BCUT2D eigenvalue weighted by atomic mass is 16.6. The maximum atomic E-state index is 13.0. The van der Waals surface area contributed by atoms with Gasteiger partial charge in [-0.05, 0) is 166 Å². The van der Waals surface area contributed by atoms with Gasteiger partial charge in [0.1, 0.15) is 45.8 Å². The van der Waals surface area contributed by atoms with Crippen LogP contribution >= 0.6 is 0 Å². The van der Waals surface area contributed by atoms with Crippen LogP contribution in [-0.4, -0.2) is 129 Å². The standard InChI is InChI=1S/C30H38N4O7.C29H40N4O6/c1-5-39-29(38)34-16-21-20(19-8-7-13-33(15-19)28(37)41-30(2,3)4)14-22(31-26(21)32-27(34)36)25-23(35)9-6-10-24(25)40-17-18-11-12-18;1-5-37-27(35)31-15-21-20(19-8-7-13-33(16-19)28(36)39-29(2,3)4)14-22(32-26(21)30)25-23(34)9-6-10-24(25)38-17-18-11-12-18/h6,9-10,14,18-19,35H,5,7-8,11-13,15-17H2,1-4H3,(H,31,32,36);6,9-10,14,18-19,34H,5,7-8,11-13,15-17H2,1-4H3,(H2,30,32)(H,31,35). The number of fused-ring (bicyclic) bond motifs is 1. The molecule has 2 saturated heterocycles. The van der Waals surface area contributed by atoms with Crippen LogP contribution in [0.4, 0.5) is 35.6 Å². The Hall–Kier alpha value is -7.71. The van der Waals surface area contributed by atoms with Gasteiger partial charge in [0.15, 0.2) is 0 Å². The molecule has 2 atom stereocenters. The van der Waals surface area contributed by atoms with E-state index in [1.165, 1.54) is 0 Å². The number of aromatic nitrogens is 2. The summed E-state index contributed by atoms with van der Waals surface area (Å²) in [6.07, 6.45) is 5.57. The fraction of sp³-hybridized carbons (Fsp3) is 0.542. The van der Waals surface area contributed by atoms with Gasteiger partial charge in [-0.1, -0.05) is 12.1 Å². The zero-order valence-corrected chi connectivity index (χ0v) is 47.4. The minimum absolute atomic E-state index is 0.00556. The number of hydrogen-bond donors (Lipinski definition) is 5. The number of nitrogens with one attached hydrogen (secondary N) is 2. The van der Waals surface area contributed by atoms with Crippen molar-refractivity contribution < 1.29 is 62.6 Å². The highest BCUT2D eigenvalue weighted by Crippen LogP contribution is 2.45. The summed E-state index contributed by atoms with van der Waals surface area (Å²) >= 11 is 0. The van der Waals surface area contributed by atoms with E-state index in [0.717, 1.165) is 67.4 Å². The van der Waals surface area contributed by atoms with Gasteiger partial charge in [0, 0.05) is 49.1 Å². The Kier molecular flexibility index (Phi) is 18.4. The molecule has 4 fully saturated rings. The highest BCUT2D eigenvalue weighted by Gasteiger charge is 2.37. The first-order valence-electron chi connectivity index (χ1n) is 27.9. The van der Waals surface area contributed by atoms with Crippen molar-refractivity contribution in [3.8, 4) is 45.5 Å². The normalized spacial score (nSPS) is 18.1. The molecule has 3 aliphatic heterocycles. The van der Waals surface area contributed by atoms with E-state index >= 15 is 0 Å². The summed E-state index contributed by atoms with van der Waals surface area (Å²) in [4.78, 5) is 77.2. The smallest absolute Gasteiger partial charge is 0.418 e. The molecule has 21 heteroatoms. The molecule has 21 nitrogen and oxygen atoms in total. The lowest BCUT2D eigenvalue weighted by molar-refractivity contribution is 0.0188. The fourth-order valence-electron chi connectivity index (χ4n) is 9.97. The third kappa shape index (κ3) is 15.1. The second-order valence-electron chi connectivity index (χ2n) is 23.0. The first kappa shape index (κ1) is 58.4. The lowest BCUT2D eigenvalue weighted by Gasteiger charge is -2.36. The predicted octanol–water partition coefficient (Wildman–Crippen LogP) is 11.0. The highest BCUT2D eigenvalue weighted by molar-refractivity contribution is 6.01. The van der Waals surface area contributed by atoms with Gasteiger partial charge in [-0.2, -0.15) is 0 Å². The van der Waals surface area contributed by atoms with Gasteiger partial charge >= 0.3 is 30.4 Å². The molecular formula is C59H78N8O13. The predicted molar refractivity (Wildman–Crippen MR) is 299 cm³/mol. The van der Waals surface area contributed by atoms with E-state index in [1.807, 2.05) is 59.7 Å². The van der Waals surface area contributed by atoms with Crippen LogP contribution in [0.25, 0.3) is 22.5 Å². The number of piperidine rings is 2. The van der Waals surface area contributed by atoms with Crippen molar-refractivity contribution in [3.63, 3.8) is 0 Å². The van der Waals surface area contributed by atoms with Crippen LogP contribution in [0.1, 0.15) is 141 Å². The van der Waals surface area contributed by atoms with E-state index in [9.17, 15) is 34.2 Å². The van der Waals surface area contributed by atoms with Crippen molar-refractivity contribution in [2.24, 2.45) is 11.8 Å². The molecule has 2 aromatic heterocycles. The van der Waals surface area contributed by atoms with Gasteiger partial charge in [0.05, 0.1) is 62.0 Å².